The number of halogens is 6. The summed E-state index contributed by atoms with van der Waals surface area (Å²) in [5.41, 5.74) is 0.466. The zero-order valence-electron chi connectivity index (χ0n) is 9.70. The number of hydrogen-bond acceptors (Lipinski definition) is 4. The molecule has 0 radical (unpaired) electrons. The molecule has 1 aromatic rings. The molecule has 10 heteroatoms. The zero-order valence-corrected chi connectivity index (χ0v) is 9.70. The minimum absolute atomic E-state index is 0.0689. The van der Waals surface area contributed by atoms with Crippen molar-refractivity contribution in [2.24, 2.45) is 0 Å². The number of nitrogens with zero attached hydrogens (tertiary/aromatic N) is 1. The first kappa shape index (κ1) is 18.2. The van der Waals surface area contributed by atoms with Gasteiger partial charge in [0.15, 0.2) is 6.29 Å². The van der Waals surface area contributed by atoms with Crippen LogP contribution in [-0.2, 0) is 4.74 Å². The Bertz CT molecular complexity index is 387. The van der Waals surface area contributed by atoms with Crippen molar-refractivity contribution in [2.45, 2.75) is 12.4 Å². The van der Waals surface area contributed by atoms with Crippen LogP contribution in [0, 0.1) is 0 Å². The molecule has 1 heterocycles. The van der Waals surface area contributed by atoms with Crippen LogP contribution in [0.5, 0.6) is 5.88 Å². The molecule has 0 aliphatic rings. The third-order valence-corrected chi connectivity index (χ3v) is 1.44. The lowest BCUT2D eigenvalue weighted by molar-refractivity contribution is -0.219. The molecule has 20 heavy (non-hydrogen) atoms. The van der Waals surface area contributed by atoms with Gasteiger partial charge in [0.25, 0.3) is 0 Å². The minimum Gasteiger partial charge on any atom is -0.493 e. The summed E-state index contributed by atoms with van der Waals surface area (Å²) < 4.78 is 70.1. The average Bonchev–Trinajstić information content (AvgIpc) is 2.27. The van der Waals surface area contributed by atoms with E-state index in [-0.39, 0.29) is 5.88 Å². The van der Waals surface area contributed by atoms with E-state index in [9.17, 15) is 31.1 Å². The number of pyridine rings is 1. The predicted molar refractivity (Wildman–Crippen MR) is 54.2 cm³/mol. The number of aromatic nitrogens is 1. The van der Waals surface area contributed by atoms with Gasteiger partial charge in [0.1, 0.15) is 13.2 Å². The van der Waals surface area contributed by atoms with Gasteiger partial charge in [-0.1, -0.05) is 0 Å². The Morgan fingerprint density at radius 3 is 1.90 bits per heavy atom. The van der Waals surface area contributed by atoms with E-state index >= 15 is 0 Å². The first-order valence-electron chi connectivity index (χ1n) is 4.85. The van der Waals surface area contributed by atoms with E-state index in [0.717, 1.165) is 0 Å². The molecular weight excluding hydrogens is 296 g/mol. The number of carbonyl (C=O) groups is 1. The van der Waals surface area contributed by atoms with Crippen LogP contribution in [0.15, 0.2) is 18.3 Å². The summed E-state index contributed by atoms with van der Waals surface area (Å²) in [5, 5.41) is 8.63. The molecule has 0 aromatic carbocycles. The molecule has 114 valence electrons. The van der Waals surface area contributed by atoms with Crippen molar-refractivity contribution in [3.63, 3.8) is 0 Å². The van der Waals surface area contributed by atoms with Crippen molar-refractivity contribution in [3.8, 4) is 5.88 Å². The second-order valence-corrected chi connectivity index (χ2v) is 3.29. The van der Waals surface area contributed by atoms with Crippen LogP contribution in [0.25, 0.3) is 0 Å². The molecule has 1 rings (SSSR count). The molecule has 0 spiro atoms. The standard InChI is InChI=1S/C6H5NO2.C4H4F6O/c8-4-5-1-2-6(9)7-3-5;5-3(6,7)1-11-2-4(8,9)10/h1-4H,(H,7,9);1-2H2. The van der Waals surface area contributed by atoms with Crippen LogP contribution in [0.4, 0.5) is 26.3 Å². The van der Waals surface area contributed by atoms with Gasteiger partial charge < -0.3 is 9.84 Å². The largest absolute Gasteiger partial charge is 0.493 e. The SMILES string of the molecule is FC(F)(F)COCC(F)(F)F.O=Cc1ccc(O)nc1. The van der Waals surface area contributed by atoms with Crippen LogP contribution in [0.1, 0.15) is 10.4 Å². The van der Waals surface area contributed by atoms with Gasteiger partial charge in [0.2, 0.25) is 5.88 Å². The summed E-state index contributed by atoms with van der Waals surface area (Å²) in [5.74, 6) is -0.0689. The summed E-state index contributed by atoms with van der Waals surface area (Å²) >= 11 is 0. The van der Waals surface area contributed by atoms with Crippen molar-refractivity contribution in [1.29, 1.82) is 0 Å². The summed E-state index contributed by atoms with van der Waals surface area (Å²) in [7, 11) is 0. The zero-order chi connectivity index (χ0) is 15.8. The molecular formula is C10H9F6NO3. The highest BCUT2D eigenvalue weighted by molar-refractivity contribution is 5.73. The van der Waals surface area contributed by atoms with Crippen molar-refractivity contribution in [1.82, 2.24) is 4.98 Å². The Kier molecular flexibility index (Phi) is 6.97. The number of hydrogen-bond donors (Lipinski definition) is 1. The lowest BCUT2D eigenvalue weighted by Gasteiger charge is -2.09. The first-order chi connectivity index (χ1) is 9.03. The lowest BCUT2D eigenvalue weighted by atomic mass is 10.3. The Morgan fingerprint density at radius 1 is 1.10 bits per heavy atom. The van der Waals surface area contributed by atoms with Crippen LogP contribution in [-0.4, -0.2) is 41.9 Å². The Balaban J connectivity index is 0.000000367. The third kappa shape index (κ3) is 11.3. The second-order valence-electron chi connectivity index (χ2n) is 3.29. The number of rotatable bonds is 3. The monoisotopic (exact) mass is 305 g/mol. The van der Waals surface area contributed by atoms with E-state index in [1.807, 2.05) is 0 Å². The maximum Gasteiger partial charge on any atom is 0.411 e. The van der Waals surface area contributed by atoms with Crippen LogP contribution < -0.4 is 0 Å². The van der Waals surface area contributed by atoms with Crippen molar-refractivity contribution < 1.29 is 41.0 Å². The van der Waals surface area contributed by atoms with Crippen LogP contribution >= 0.6 is 0 Å². The quantitative estimate of drug-likeness (QED) is 0.689. The molecule has 4 nitrogen and oxygen atoms in total. The Labute approximate surface area is 109 Å². The molecule has 0 saturated heterocycles. The van der Waals surface area contributed by atoms with Gasteiger partial charge in [-0.25, -0.2) is 4.98 Å². The van der Waals surface area contributed by atoms with E-state index in [1.165, 1.54) is 18.3 Å². The molecule has 0 saturated carbocycles. The number of aromatic hydroxyl groups is 1. The lowest BCUT2D eigenvalue weighted by Crippen LogP contribution is -2.23. The Hall–Kier alpha value is -1.84. The molecule has 0 aliphatic carbocycles. The molecule has 0 atom stereocenters. The first-order valence-corrected chi connectivity index (χ1v) is 4.85. The Morgan fingerprint density at radius 2 is 1.60 bits per heavy atom. The second kappa shape index (κ2) is 7.68. The summed E-state index contributed by atoms with van der Waals surface area (Å²) in [4.78, 5) is 13.5. The highest BCUT2D eigenvalue weighted by Crippen LogP contribution is 2.18. The highest BCUT2D eigenvalue weighted by Gasteiger charge is 2.32. The minimum atomic E-state index is -4.70. The normalized spacial score (nSPS) is 11.5. The maximum atomic E-state index is 11.1. The topological polar surface area (TPSA) is 59.4 Å². The number of carbonyl (C=O) groups excluding carboxylic acids is 1. The fourth-order valence-corrected chi connectivity index (χ4v) is 0.750. The highest BCUT2D eigenvalue weighted by atomic mass is 19.4. The molecule has 0 fully saturated rings. The van der Waals surface area contributed by atoms with Crippen LogP contribution in [0.2, 0.25) is 0 Å². The van der Waals surface area contributed by atoms with Gasteiger partial charge in [0.05, 0.1) is 0 Å². The van der Waals surface area contributed by atoms with Gasteiger partial charge in [-0.15, -0.1) is 0 Å². The summed E-state index contributed by atoms with van der Waals surface area (Å²) in [6, 6.07) is 2.86. The maximum absolute atomic E-state index is 11.1. The van der Waals surface area contributed by atoms with E-state index in [2.05, 4.69) is 9.72 Å². The molecule has 0 aliphatic heterocycles. The fraction of sp³-hybridized carbons (Fsp3) is 0.400. The van der Waals surface area contributed by atoms with Crippen molar-refractivity contribution in [2.75, 3.05) is 13.2 Å². The average molecular weight is 305 g/mol. The number of alkyl halides is 6. The van der Waals surface area contributed by atoms with Gasteiger partial charge in [-0.05, 0) is 6.07 Å². The van der Waals surface area contributed by atoms with Gasteiger partial charge >= 0.3 is 12.4 Å². The molecule has 0 amide bonds. The molecule has 1 aromatic heterocycles. The fourth-order valence-electron chi connectivity index (χ4n) is 0.750. The van der Waals surface area contributed by atoms with Crippen molar-refractivity contribution >= 4 is 6.29 Å². The third-order valence-electron chi connectivity index (χ3n) is 1.44. The van der Waals surface area contributed by atoms with Gasteiger partial charge in [0, 0.05) is 17.8 Å². The van der Waals surface area contributed by atoms with Gasteiger partial charge in [-0.3, -0.25) is 4.79 Å². The summed E-state index contributed by atoms with van der Waals surface area (Å²) in [6.07, 6.45) is -7.43. The van der Waals surface area contributed by atoms with Crippen molar-refractivity contribution in [3.05, 3.63) is 23.9 Å². The molecule has 1 N–H and O–H groups in total. The van der Waals surface area contributed by atoms with E-state index < -0.39 is 25.6 Å². The molecule has 0 bridgehead atoms. The van der Waals surface area contributed by atoms with Crippen LogP contribution in [0.3, 0.4) is 0 Å². The summed E-state index contributed by atoms with van der Waals surface area (Å²) in [6.45, 7) is -3.74. The predicted octanol–water partition coefficient (Wildman–Crippen LogP) is 2.73. The number of ether oxygens (including phenoxy) is 1. The van der Waals surface area contributed by atoms with Gasteiger partial charge in [-0.2, -0.15) is 26.3 Å². The smallest absolute Gasteiger partial charge is 0.411 e. The number of aldehydes is 1. The molecule has 0 unspecified atom stereocenters. The van der Waals surface area contributed by atoms with E-state index in [0.29, 0.717) is 11.8 Å². The van der Waals surface area contributed by atoms with E-state index in [4.69, 9.17) is 5.11 Å². The van der Waals surface area contributed by atoms with E-state index in [1.54, 1.807) is 0 Å².